The molecule has 0 radical (unpaired) electrons. The van der Waals surface area contributed by atoms with Crippen LogP contribution in [0.15, 0.2) is 48.5 Å². The van der Waals surface area contributed by atoms with E-state index in [9.17, 15) is 9.59 Å². The molecule has 0 heterocycles. The van der Waals surface area contributed by atoms with Crippen LogP contribution in [0, 0.1) is 0 Å². The van der Waals surface area contributed by atoms with Gasteiger partial charge in [-0.25, -0.2) is 9.59 Å². The van der Waals surface area contributed by atoms with Crippen LogP contribution in [0.1, 0.15) is 15.9 Å². The van der Waals surface area contributed by atoms with E-state index in [2.05, 4.69) is 15.4 Å². The van der Waals surface area contributed by atoms with Crippen LogP contribution in [0.2, 0.25) is 0 Å². The first-order chi connectivity index (χ1) is 11.6. The Morgan fingerprint density at radius 3 is 2.21 bits per heavy atom. The maximum Gasteiger partial charge on any atom is 0.337 e. The Kier molecular flexibility index (Phi) is 6.19. The van der Waals surface area contributed by atoms with E-state index in [1.165, 1.54) is 7.11 Å². The fourth-order valence-electron chi connectivity index (χ4n) is 2.10. The van der Waals surface area contributed by atoms with Crippen molar-refractivity contribution < 1.29 is 19.1 Å². The Bertz CT molecular complexity index is 681. The monoisotopic (exact) mass is 328 g/mol. The third-order valence-electron chi connectivity index (χ3n) is 3.42. The van der Waals surface area contributed by atoms with Crippen LogP contribution >= 0.6 is 0 Å². The van der Waals surface area contributed by atoms with Gasteiger partial charge in [0, 0.05) is 12.2 Å². The number of amides is 2. The molecule has 0 unspecified atom stereocenters. The lowest BCUT2D eigenvalue weighted by atomic mass is 10.1. The molecule has 0 aliphatic carbocycles. The summed E-state index contributed by atoms with van der Waals surface area (Å²) < 4.78 is 9.72. The standard InChI is InChI=1S/C18H20N2O4/c1-23-16-9-3-13(4-10-16)11-12-19-18(22)20-15-7-5-14(6-8-15)17(21)24-2/h3-10H,11-12H2,1-2H3,(H2,19,20,22). The number of benzene rings is 2. The Morgan fingerprint density at radius 2 is 1.62 bits per heavy atom. The molecule has 2 rings (SSSR count). The maximum absolute atomic E-state index is 11.8. The SMILES string of the molecule is COC(=O)c1ccc(NC(=O)NCCc2ccc(OC)cc2)cc1. The molecule has 0 bridgehead atoms. The van der Waals surface area contributed by atoms with Crippen molar-refractivity contribution >= 4 is 17.7 Å². The summed E-state index contributed by atoms with van der Waals surface area (Å²) in [6, 6.07) is 13.9. The first-order valence-corrected chi connectivity index (χ1v) is 7.48. The van der Waals surface area contributed by atoms with Gasteiger partial charge in [0.25, 0.3) is 0 Å². The molecule has 2 aromatic rings. The molecule has 0 fully saturated rings. The van der Waals surface area contributed by atoms with E-state index < -0.39 is 5.97 Å². The van der Waals surface area contributed by atoms with Gasteiger partial charge in [-0.05, 0) is 48.4 Å². The fourth-order valence-corrected chi connectivity index (χ4v) is 2.10. The molecule has 0 atom stereocenters. The average Bonchev–Trinajstić information content (AvgIpc) is 2.62. The number of urea groups is 1. The van der Waals surface area contributed by atoms with E-state index in [1.54, 1.807) is 31.4 Å². The van der Waals surface area contributed by atoms with Crippen LogP contribution in [-0.2, 0) is 11.2 Å². The highest BCUT2D eigenvalue weighted by Gasteiger charge is 2.06. The number of methoxy groups -OCH3 is 2. The summed E-state index contributed by atoms with van der Waals surface area (Å²) in [5.74, 6) is 0.394. The van der Waals surface area contributed by atoms with Gasteiger partial charge in [0.2, 0.25) is 0 Å². The summed E-state index contributed by atoms with van der Waals surface area (Å²) in [5, 5.41) is 5.49. The number of carbonyl (C=O) groups is 2. The number of nitrogens with one attached hydrogen (secondary N) is 2. The molecule has 6 heteroatoms. The molecule has 0 aromatic heterocycles. The van der Waals surface area contributed by atoms with E-state index in [0.717, 1.165) is 17.7 Å². The van der Waals surface area contributed by atoms with E-state index >= 15 is 0 Å². The molecule has 0 saturated carbocycles. The van der Waals surface area contributed by atoms with Gasteiger partial charge in [-0.15, -0.1) is 0 Å². The third kappa shape index (κ3) is 5.01. The molecular weight excluding hydrogens is 308 g/mol. The molecule has 0 saturated heterocycles. The fraction of sp³-hybridized carbons (Fsp3) is 0.222. The van der Waals surface area contributed by atoms with Crippen LogP contribution in [-0.4, -0.2) is 32.8 Å². The zero-order chi connectivity index (χ0) is 17.4. The molecule has 2 N–H and O–H groups in total. The predicted octanol–water partition coefficient (Wildman–Crippen LogP) is 2.85. The first kappa shape index (κ1) is 17.3. The molecule has 0 aliphatic heterocycles. The van der Waals surface area contributed by atoms with Crippen molar-refractivity contribution in [1.82, 2.24) is 5.32 Å². The van der Waals surface area contributed by atoms with Gasteiger partial charge in [0.1, 0.15) is 5.75 Å². The second kappa shape index (κ2) is 8.57. The van der Waals surface area contributed by atoms with Gasteiger partial charge in [-0.3, -0.25) is 0 Å². The van der Waals surface area contributed by atoms with Crippen LogP contribution in [0.3, 0.4) is 0 Å². The molecule has 126 valence electrons. The molecule has 2 aromatic carbocycles. The number of rotatable bonds is 6. The lowest BCUT2D eigenvalue weighted by Gasteiger charge is -2.08. The molecule has 6 nitrogen and oxygen atoms in total. The topological polar surface area (TPSA) is 76.7 Å². The summed E-state index contributed by atoms with van der Waals surface area (Å²) in [6.45, 7) is 0.512. The summed E-state index contributed by atoms with van der Waals surface area (Å²) in [4.78, 5) is 23.2. The van der Waals surface area contributed by atoms with Crippen LogP contribution in [0.4, 0.5) is 10.5 Å². The lowest BCUT2D eigenvalue weighted by molar-refractivity contribution is 0.0601. The highest BCUT2D eigenvalue weighted by molar-refractivity contribution is 5.92. The highest BCUT2D eigenvalue weighted by Crippen LogP contribution is 2.12. The van der Waals surface area contributed by atoms with Crippen molar-refractivity contribution in [2.24, 2.45) is 0 Å². The molecular formula is C18H20N2O4. The highest BCUT2D eigenvalue weighted by atomic mass is 16.5. The van der Waals surface area contributed by atoms with Crippen molar-refractivity contribution in [3.63, 3.8) is 0 Å². The summed E-state index contributed by atoms with van der Waals surface area (Å²) in [7, 11) is 2.95. The lowest BCUT2D eigenvalue weighted by Crippen LogP contribution is -2.30. The van der Waals surface area contributed by atoms with Crippen molar-refractivity contribution in [3.8, 4) is 5.75 Å². The van der Waals surface area contributed by atoms with Crippen molar-refractivity contribution in [3.05, 3.63) is 59.7 Å². The largest absolute Gasteiger partial charge is 0.497 e. The molecule has 24 heavy (non-hydrogen) atoms. The van der Waals surface area contributed by atoms with Crippen LogP contribution in [0.25, 0.3) is 0 Å². The number of hydrogen-bond donors (Lipinski definition) is 2. The summed E-state index contributed by atoms with van der Waals surface area (Å²) >= 11 is 0. The quantitative estimate of drug-likeness (QED) is 0.800. The van der Waals surface area contributed by atoms with E-state index in [-0.39, 0.29) is 6.03 Å². The smallest absolute Gasteiger partial charge is 0.337 e. The van der Waals surface area contributed by atoms with Crippen molar-refractivity contribution in [2.45, 2.75) is 6.42 Å². The maximum atomic E-state index is 11.8. The zero-order valence-electron chi connectivity index (χ0n) is 13.7. The Hall–Kier alpha value is -3.02. The van der Waals surface area contributed by atoms with Crippen molar-refractivity contribution in [1.29, 1.82) is 0 Å². The normalized spacial score (nSPS) is 9.92. The zero-order valence-corrected chi connectivity index (χ0v) is 13.7. The molecule has 0 spiro atoms. The van der Waals surface area contributed by atoms with Crippen molar-refractivity contribution in [2.75, 3.05) is 26.1 Å². The van der Waals surface area contributed by atoms with E-state index in [1.807, 2.05) is 24.3 Å². The van der Waals surface area contributed by atoms with Gasteiger partial charge >= 0.3 is 12.0 Å². The number of anilines is 1. The average molecular weight is 328 g/mol. The van der Waals surface area contributed by atoms with Gasteiger partial charge in [0.15, 0.2) is 0 Å². The number of hydrogen-bond acceptors (Lipinski definition) is 4. The van der Waals surface area contributed by atoms with Gasteiger partial charge in [-0.2, -0.15) is 0 Å². The number of esters is 1. The Labute approximate surface area is 140 Å². The number of carbonyl (C=O) groups excluding carboxylic acids is 2. The Balaban J connectivity index is 1.77. The molecule has 0 aliphatic rings. The van der Waals surface area contributed by atoms with Crippen LogP contribution in [0.5, 0.6) is 5.75 Å². The summed E-state index contributed by atoms with van der Waals surface area (Å²) in [5.41, 5.74) is 2.14. The second-order valence-corrected chi connectivity index (χ2v) is 5.05. The minimum Gasteiger partial charge on any atom is -0.497 e. The minimum atomic E-state index is -0.412. The number of ether oxygens (including phenoxy) is 2. The van der Waals surface area contributed by atoms with Crippen LogP contribution < -0.4 is 15.4 Å². The minimum absolute atomic E-state index is 0.297. The van der Waals surface area contributed by atoms with Gasteiger partial charge in [-0.1, -0.05) is 12.1 Å². The van der Waals surface area contributed by atoms with Gasteiger partial charge in [0.05, 0.1) is 19.8 Å². The molecule has 2 amide bonds. The van der Waals surface area contributed by atoms with Gasteiger partial charge < -0.3 is 20.1 Å². The van der Waals surface area contributed by atoms with E-state index in [0.29, 0.717) is 17.8 Å². The summed E-state index contributed by atoms with van der Waals surface area (Å²) in [6.07, 6.45) is 0.721. The predicted molar refractivity (Wildman–Crippen MR) is 91.5 cm³/mol. The van der Waals surface area contributed by atoms with E-state index in [4.69, 9.17) is 4.74 Å². The second-order valence-electron chi connectivity index (χ2n) is 5.05. The first-order valence-electron chi connectivity index (χ1n) is 7.48. The Morgan fingerprint density at radius 1 is 0.958 bits per heavy atom. The third-order valence-corrected chi connectivity index (χ3v) is 3.42.